The molecule has 2 aromatic heterocycles. The van der Waals surface area contributed by atoms with Gasteiger partial charge >= 0.3 is 0 Å². The lowest BCUT2D eigenvalue weighted by Crippen LogP contribution is -2.26. The molecule has 0 bridgehead atoms. The highest BCUT2D eigenvalue weighted by Crippen LogP contribution is 2.27. The minimum absolute atomic E-state index is 0.296. The van der Waals surface area contributed by atoms with Gasteiger partial charge in [0.2, 0.25) is 0 Å². The van der Waals surface area contributed by atoms with Crippen LogP contribution in [0.4, 0.5) is 0 Å². The molecule has 18 heavy (non-hydrogen) atoms. The summed E-state index contributed by atoms with van der Waals surface area (Å²) < 4.78 is 29.5. The summed E-state index contributed by atoms with van der Waals surface area (Å²) in [4.78, 5) is 0. The van der Waals surface area contributed by atoms with E-state index in [1.165, 1.54) is 11.3 Å². The molecule has 2 rings (SSSR count). The Labute approximate surface area is 118 Å². The molecule has 0 spiro atoms. The van der Waals surface area contributed by atoms with E-state index < -0.39 is 10.0 Å². The first-order valence-corrected chi connectivity index (χ1v) is 8.24. The molecule has 0 aromatic carbocycles. The van der Waals surface area contributed by atoms with Crippen LogP contribution in [0.3, 0.4) is 0 Å². The molecule has 0 aliphatic carbocycles. The van der Waals surface area contributed by atoms with Crippen molar-refractivity contribution < 1.29 is 8.42 Å². The Bertz CT molecular complexity index is 648. The minimum Gasteiger partial charge on any atom is -0.275 e. The van der Waals surface area contributed by atoms with Crippen LogP contribution in [-0.4, -0.2) is 18.2 Å². The van der Waals surface area contributed by atoms with E-state index in [1.54, 1.807) is 43.2 Å². The molecule has 1 N–H and O–H groups in total. The molecular formula is C10H12BrN3O2S2. The monoisotopic (exact) mass is 349 g/mol. The molecule has 98 valence electrons. The molecule has 2 heterocycles. The Morgan fingerprint density at radius 2 is 2.22 bits per heavy atom. The van der Waals surface area contributed by atoms with Gasteiger partial charge in [-0.1, -0.05) is 0 Å². The van der Waals surface area contributed by atoms with Crippen LogP contribution in [0, 0.1) is 0 Å². The fourth-order valence-corrected chi connectivity index (χ4v) is 4.72. The van der Waals surface area contributed by atoms with Crippen molar-refractivity contribution in [3.63, 3.8) is 0 Å². The third-order valence-electron chi connectivity index (χ3n) is 2.37. The Balaban J connectivity index is 2.18. The minimum atomic E-state index is -3.48. The Hall–Kier alpha value is -0.700. The van der Waals surface area contributed by atoms with E-state index in [-0.39, 0.29) is 6.04 Å². The third kappa shape index (κ3) is 3.00. The van der Waals surface area contributed by atoms with Crippen molar-refractivity contribution in [1.82, 2.24) is 14.5 Å². The number of hydrogen-bond donors (Lipinski definition) is 1. The van der Waals surface area contributed by atoms with Crippen LogP contribution in [0.25, 0.3) is 0 Å². The number of aryl methyl sites for hydroxylation is 1. The van der Waals surface area contributed by atoms with Gasteiger partial charge in [0.15, 0.2) is 0 Å². The summed E-state index contributed by atoms with van der Waals surface area (Å²) in [6.45, 7) is 1.79. The highest BCUT2D eigenvalue weighted by Gasteiger charge is 2.20. The summed E-state index contributed by atoms with van der Waals surface area (Å²) in [5.74, 6) is 0. The fraction of sp³-hybridized carbons (Fsp3) is 0.300. The average Bonchev–Trinajstić information content (AvgIpc) is 2.86. The second kappa shape index (κ2) is 5.12. The van der Waals surface area contributed by atoms with E-state index in [9.17, 15) is 8.42 Å². The molecule has 2 aromatic rings. The third-order valence-corrected chi connectivity index (χ3v) is 6.03. The Morgan fingerprint density at radius 3 is 2.72 bits per heavy atom. The lowest BCUT2D eigenvalue weighted by atomic mass is 10.2. The fourth-order valence-electron chi connectivity index (χ4n) is 1.46. The van der Waals surface area contributed by atoms with Crippen molar-refractivity contribution in [2.24, 2.45) is 7.05 Å². The molecule has 1 unspecified atom stereocenters. The van der Waals surface area contributed by atoms with Gasteiger partial charge in [-0.05, 0) is 35.0 Å². The highest BCUT2D eigenvalue weighted by molar-refractivity contribution is 9.11. The van der Waals surface area contributed by atoms with E-state index in [1.807, 2.05) is 0 Å². The summed E-state index contributed by atoms with van der Waals surface area (Å²) in [5, 5.41) is 4.02. The molecule has 0 saturated heterocycles. The van der Waals surface area contributed by atoms with Gasteiger partial charge < -0.3 is 0 Å². The van der Waals surface area contributed by atoms with E-state index in [2.05, 4.69) is 25.8 Å². The molecule has 1 atom stereocenters. The zero-order valence-corrected chi connectivity index (χ0v) is 13.0. The van der Waals surface area contributed by atoms with Gasteiger partial charge in [-0.15, -0.1) is 11.3 Å². The van der Waals surface area contributed by atoms with Gasteiger partial charge in [0.1, 0.15) is 4.21 Å². The predicted octanol–water partition coefficient (Wildman–Crippen LogP) is 2.28. The Kier molecular flexibility index (Phi) is 3.90. The molecule has 5 nitrogen and oxygen atoms in total. The topological polar surface area (TPSA) is 64.0 Å². The van der Waals surface area contributed by atoms with Crippen molar-refractivity contribution in [3.8, 4) is 0 Å². The van der Waals surface area contributed by atoms with Crippen molar-refractivity contribution in [3.05, 3.63) is 33.9 Å². The number of halogens is 1. The first-order valence-electron chi connectivity index (χ1n) is 5.15. The second-order valence-electron chi connectivity index (χ2n) is 3.85. The number of rotatable bonds is 4. The quantitative estimate of drug-likeness (QED) is 0.920. The van der Waals surface area contributed by atoms with E-state index in [0.29, 0.717) is 4.21 Å². The SMILES string of the molecule is CC(NS(=O)(=O)c1ccc(Br)s1)c1cnn(C)c1. The normalized spacial score (nSPS) is 13.7. The summed E-state index contributed by atoms with van der Waals surface area (Å²) in [7, 11) is -1.68. The molecule has 0 aliphatic heterocycles. The van der Waals surface area contributed by atoms with Crippen molar-refractivity contribution in [2.75, 3.05) is 0 Å². The number of nitrogens with one attached hydrogen (secondary N) is 1. The summed E-state index contributed by atoms with van der Waals surface area (Å²) in [6.07, 6.45) is 3.44. The maximum Gasteiger partial charge on any atom is 0.250 e. The predicted molar refractivity (Wildman–Crippen MR) is 74.0 cm³/mol. The van der Waals surface area contributed by atoms with Crippen LogP contribution in [0.15, 0.2) is 32.5 Å². The molecule has 8 heteroatoms. The van der Waals surface area contributed by atoms with Gasteiger partial charge in [-0.3, -0.25) is 4.68 Å². The van der Waals surface area contributed by atoms with E-state index >= 15 is 0 Å². The van der Waals surface area contributed by atoms with Crippen LogP contribution >= 0.6 is 27.3 Å². The maximum absolute atomic E-state index is 12.1. The maximum atomic E-state index is 12.1. The summed E-state index contributed by atoms with van der Waals surface area (Å²) >= 11 is 4.43. The first-order chi connectivity index (χ1) is 8.38. The number of sulfonamides is 1. The molecular weight excluding hydrogens is 338 g/mol. The van der Waals surface area contributed by atoms with Gasteiger partial charge in [0.05, 0.1) is 9.98 Å². The smallest absolute Gasteiger partial charge is 0.250 e. The largest absolute Gasteiger partial charge is 0.275 e. The standard InChI is InChI=1S/C10H12BrN3O2S2/c1-7(8-5-12-14(2)6-8)13-18(15,16)10-4-3-9(11)17-10/h3-7,13H,1-2H3. The van der Waals surface area contributed by atoms with Crippen molar-refractivity contribution in [2.45, 2.75) is 17.2 Å². The summed E-state index contributed by atoms with van der Waals surface area (Å²) in [6, 6.07) is 2.98. The lowest BCUT2D eigenvalue weighted by molar-refractivity contribution is 0.569. The van der Waals surface area contributed by atoms with Crippen molar-refractivity contribution in [1.29, 1.82) is 0 Å². The van der Waals surface area contributed by atoms with Crippen LogP contribution in [-0.2, 0) is 17.1 Å². The number of thiophene rings is 1. The van der Waals surface area contributed by atoms with Gasteiger partial charge in [-0.25, -0.2) is 13.1 Å². The van der Waals surface area contributed by atoms with Crippen LogP contribution < -0.4 is 4.72 Å². The number of nitrogens with zero attached hydrogens (tertiary/aromatic N) is 2. The number of aromatic nitrogens is 2. The molecule has 0 radical (unpaired) electrons. The van der Waals surface area contributed by atoms with Crippen LogP contribution in [0.1, 0.15) is 18.5 Å². The summed E-state index contributed by atoms with van der Waals surface area (Å²) in [5.41, 5.74) is 0.830. The van der Waals surface area contributed by atoms with Gasteiger partial charge in [0, 0.05) is 24.8 Å². The molecule has 0 aliphatic rings. The molecule has 0 saturated carbocycles. The molecule has 0 fully saturated rings. The van der Waals surface area contributed by atoms with Crippen LogP contribution in [0.5, 0.6) is 0 Å². The number of hydrogen-bond acceptors (Lipinski definition) is 4. The zero-order chi connectivity index (χ0) is 13.3. The second-order valence-corrected chi connectivity index (χ2v) is 8.25. The van der Waals surface area contributed by atoms with E-state index in [4.69, 9.17) is 0 Å². The van der Waals surface area contributed by atoms with Gasteiger partial charge in [-0.2, -0.15) is 5.10 Å². The first kappa shape index (κ1) is 13.7. The van der Waals surface area contributed by atoms with Crippen molar-refractivity contribution >= 4 is 37.3 Å². The average molecular weight is 350 g/mol. The Morgan fingerprint density at radius 1 is 1.50 bits per heavy atom. The van der Waals surface area contributed by atoms with Crippen LogP contribution in [0.2, 0.25) is 0 Å². The van der Waals surface area contributed by atoms with E-state index in [0.717, 1.165) is 9.35 Å². The van der Waals surface area contributed by atoms with Gasteiger partial charge in [0.25, 0.3) is 10.0 Å². The zero-order valence-electron chi connectivity index (χ0n) is 9.79. The molecule has 0 amide bonds. The lowest BCUT2D eigenvalue weighted by Gasteiger charge is -2.11. The highest BCUT2D eigenvalue weighted by atomic mass is 79.9.